The van der Waals surface area contributed by atoms with Crippen LogP contribution in [0.2, 0.25) is 48.2 Å². The van der Waals surface area contributed by atoms with Gasteiger partial charge in [-0.25, -0.2) is 0 Å². The van der Waals surface area contributed by atoms with Crippen molar-refractivity contribution in [3.8, 4) is 0 Å². The molecule has 0 nitrogen and oxygen atoms in total. The second-order valence-corrected chi connectivity index (χ2v) is 33.5. The van der Waals surface area contributed by atoms with Crippen LogP contribution in [0.1, 0.15) is 0 Å². The van der Waals surface area contributed by atoms with Crippen LogP contribution < -0.4 is 0 Å². The Kier molecular flexibility index (Phi) is 0.157. The minimum atomic E-state index is -2.28. The molecular weight excluding hydrogens is 318 g/mol. The molecule has 0 atom stereocenters. The van der Waals surface area contributed by atoms with Gasteiger partial charge in [0.05, 0.1) is 0 Å². The topological polar surface area (TPSA) is 0 Å². The molecular formula is C10H11ClFePd. The normalized spacial score (nSPS) is 145. The summed E-state index contributed by atoms with van der Waals surface area (Å²) in [6, 6.07) is 0. The summed E-state index contributed by atoms with van der Waals surface area (Å²) in [7, 11) is 0. The van der Waals surface area contributed by atoms with Gasteiger partial charge in [-0.1, -0.05) is 0 Å². The summed E-state index contributed by atoms with van der Waals surface area (Å²) < 4.78 is 0. The van der Waals surface area contributed by atoms with E-state index < -0.39 is 6.51 Å². The molecule has 10 aliphatic heterocycles. The van der Waals surface area contributed by atoms with Crippen LogP contribution in [0.5, 0.6) is 0 Å². The number of rotatable bonds is 0. The summed E-state index contributed by atoms with van der Waals surface area (Å²) in [5.74, 6) is 0. The summed E-state index contributed by atoms with van der Waals surface area (Å²) in [5, 5.41) is 0. The second kappa shape index (κ2) is 0.358. The minimum Gasteiger partial charge on any atom is 0 e. The molecule has 1 spiro atoms. The van der Waals surface area contributed by atoms with Crippen molar-refractivity contribution in [3.05, 3.63) is 0 Å². The van der Waals surface area contributed by atoms with E-state index in [0.29, 0.717) is 0 Å². The van der Waals surface area contributed by atoms with Crippen molar-refractivity contribution in [1.29, 1.82) is 0 Å². The summed E-state index contributed by atoms with van der Waals surface area (Å²) >= 11 is 0. The zero-order valence-electron chi connectivity index (χ0n) is 6.85. The largest absolute Gasteiger partial charge is 0 e. The van der Waals surface area contributed by atoms with Crippen LogP contribution in [0.15, 0.2) is 0 Å². The summed E-state index contributed by atoms with van der Waals surface area (Å²) in [6.07, 6.45) is 0. The van der Waals surface area contributed by atoms with Gasteiger partial charge in [0.1, 0.15) is 0 Å². The Bertz CT molecular complexity index is 582. The van der Waals surface area contributed by atoms with Crippen LogP contribution in [-0.4, -0.2) is 0 Å². The van der Waals surface area contributed by atoms with Gasteiger partial charge < -0.3 is 0 Å². The third kappa shape index (κ3) is 0.0437. The molecule has 76 valence electrons. The smallest absolute Gasteiger partial charge is 0 e. The van der Waals surface area contributed by atoms with Gasteiger partial charge >= 0.3 is 54.7 Å². The molecule has 0 aromatic rings. The average Bonchev–Trinajstić information content (AvgIpc) is 3.01. The Hall–Kier alpha value is 1.47. The molecule has 0 amide bonds. The van der Waals surface area contributed by atoms with Crippen LogP contribution in [0.4, 0.5) is 0 Å². The van der Waals surface area contributed by atoms with Crippen LogP contribution in [-0.2, 0) is 26.9 Å². The first-order valence-corrected chi connectivity index (χ1v) is 11.7. The van der Waals surface area contributed by atoms with Crippen molar-refractivity contribution in [2.45, 2.75) is 48.2 Å². The van der Waals surface area contributed by atoms with Crippen molar-refractivity contribution >= 4 is 12.4 Å². The van der Waals surface area contributed by atoms with Gasteiger partial charge in [0.15, 0.2) is 0 Å². The van der Waals surface area contributed by atoms with Gasteiger partial charge in [0.2, 0.25) is 0 Å². The molecule has 10 aliphatic rings. The fourth-order valence-electron chi connectivity index (χ4n) is 15.8. The van der Waals surface area contributed by atoms with Gasteiger partial charge in [-0.15, -0.1) is 12.4 Å². The summed E-state index contributed by atoms with van der Waals surface area (Å²) in [6.45, 7) is -2.28. The Morgan fingerprint density at radius 1 is 0.462 bits per heavy atom. The Morgan fingerprint density at radius 2 is 0.615 bits per heavy atom. The molecule has 0 unspecified atom stereocenters. The molecule has 0 aromatic heterocycles. The van der Waals surface area contributed by atoms with Gasteiger partial charge in [-0.3, -0.25) is 0 Å². The molecule has 10 rings (SSSR count). The molecule has 10 saturated heterocycles. The molecule has 0 N–H and O–H groups in total. The second-order valence-electron chi connectivity index (χ2n) is 9.58. The zero-order chi connectivity index (χ0) is 6.09. The molecule has 0 aliphatic carbocycles. The predicted molar refractivity (Wildman–Crippen MR) is 44.7 cm³/mol. The number of fused-ring (bicyclic) bond motifs is 10. The standard InChI is InChI=1S/2C5H5.ClH.Fe.Pd/c2*1-2-4-5-3-1;;;/h2*1-5H;1H;;. The van der Waals surface area contributed by atoms with E-state index in [-0.39, 0.29) is 32.8 Å². The van der Waals surface area contributed by atoms with Gasteiger partial charge in [-0.05, 0) is 0 Å². The van der Waals surface area contributed by atoms with Crippen LogP contribution in [0, 0.1) is 0 Å². The Balaban J connectivity index is 0.000000222. The van der Waals surface area contributed by atoms with E-state index in [1.54, 1.807) is 48.2 Å². The molecule has 0 aromatic carbocycles. The first-order chi connectivity index (χ1) is 5.16. The van der Waals surface area contributed by atoms with Crippen molar-refractivity contribution in [1.82, 2.24) is 0 Å². The molecule has 10 fully saturated rings. The minimum absolute atomic E-state index is 0. The summed E-state index contributed by atoms with van der Waals surface area (Å²) in [4.78, 5) is 15.9. The first kappa shape index (κ1) is 5.70. The fraction of sp³-hybridized carbons (Fsp3) is 1.00. The van der Waals surface area contributed by atoms with E-state index in [9.17, 15) is 0 Å². The monoisotopic (exact) mass is 328 g/mol. The third-order valence-electron chi connectivity index (χ3n) is 14.5. The van der Waals surface area contributed by atoms with E-state index >= 15 is 0 Å². The molecule has 13 heavy (non-hydrogen) atoms. The van der Waals surface area contributed by atoms with Crippen LogP contribution >= 0.6 is 12.4 Å². The molecule has 10 heterocycles. The van der Waals surface area contributed by atoms with E-state index in [0.717, 1.165) is 0 Å². The van der Waals surface area contributed by atoms with Crippen molar-refractivity contribution in [2.24, 2.45) is 0 Å². The summed E-state index contributed by atoms with van der Waals surface area (Å²) in [5.41, 5.74) is 0. The quantitative estimate of drug-likeness (QED) is 0.593. The van der Waals surface area contributed by atoms with Gasteiger partial charge in [-0.2, -0.15) is 0 Å². The fourth-order valence-corrected chi connectivity index (χ4v) is 88.0. The van der Waals surface area contributed by atoms with E-state index in [2.05, 4.69) is 0 Å². The van der Waals surface area contributed by atoms with Crippen LogP contribution in [0.3, 0.4) is 0 Å². The maximum atomic E-state index is 1.59. The van der Waals surface area contributed by atoms with Crippen molar-refractivity contribution < 1.29 is 26.9 Å². The molecule has 3 heteroatoms. The third-order valence-corrected chi connectivity index (χ3v) is 56.5. The van der Waals surface area contributed by atoms with Crippen LogP contribution in [0.25, 0.3) is 0 Å². The van der Waals surface area contributed by atoms with Crippen molar-refractivity contribution in [3.63, 3.8) is 0 Å². The number of hydrogen-bond donors (Lipinski definition) is 0. The predicted octanol–water partition coefficient (Wildman–Crippen LogP) is 3.79. The maximum Gasteiger partial charge on any atom is 0 e. The first-order valence-electron chi connectivity index (χ1n) is 5.37. The Labute approximate surface area is 86.9 Å². The van der Waals surface area contributed by atoms with Crippen molar-refractivity contribution in [2.75, 3.05) is 0 Å². The Morgan fingerprint density at radius 3 is 0.615 bits per heavy atom. The van der Waals surface area contributed by atoms with E-state index in [4.69, 9.17) is 0 Å². The average molecular weight is 329 g/mol. The molecule has 0 radical (unpaired) electrons. The molecule has 0 saturated carbocycles. The zero-order valence-corrected chi connectivity index (χ0v) is 10.3. The maximum absolute atomic E-state index is 2.28. The number of hydrogen-bond acceptors (Lipinski definition) is 0. The SMILES string of the molecule is Cl.[CH]12[CH]3[CH]4[CH]5[CH]1[Fe]23451678[CH]2[CH]1[CH]6[CH]7[CH]28.[Pd]. The number of halogens is 1. The van der Waals surface area contributed by atoms with E-state index in [1.807, 2.05) is 0 Å². The van der Waals surface area contributed by atoms with Gasteiger partial charge in [0.25, 0.3) is 0 Å². The molecule has 0 bridgehead atoms. The van der Waals surface area contributed by atoms with E-state index in [1.165, 1.54) is 0 Å². The van der Waals surface area contributed by atoms with Gasteiger partial charge in [0, 0.05) is 20.4 Å².